The van der Waals surface area contributed by atoms with Crippen LogP contribution >= 0.6 is 0 Å². The van der Waals surface area contributed by atoms with E-state index in [2.05, 4.69) is 39.3 Å². The maximum atomic E-state index is 5.95. The number of rotatable bonds is 6. The maximum absolute atomic E-state index is 5.95. The summed E-state index contributed by atoms with van der Waals surface area (Å²) >= 11 is 0. The molecular formula is C17H23N3O3. The van der Waals surface area contributed by atoms with E-state index in [0.717, 1.165) is 19.6 Å². The summed E-state index contributed by atoms with van der Waals surface area (Å²) in [5.41, 5.74) is 2.66. The van der Waals surface area contributed by atoms with Crippen LogP contribution in [0.1, 0.15) is 42.0 Å². The lowest BCUT2D eigenvalue weighted by molar-refractivity contribution is 0.0181. The van der Waals surface area contributed by atoms with Crippen LogP contribution in [-0.2, 0) is 22.4 Å². The van der Waals surface area contributed by atoms with Crippen molar-refractivity contribution in [3.05, 3.63) is 47.1 Å². The summed E-state index contributed by atoms with van der Waals surface area (Å²) in [6.45, 7) is 4.04. The molecule has 1 aromatic heterocycles. The van der Waals surface area contributed by atoms with E-state index in [-0.39, 0.29) is 12.2 Å². The van der Waals surface area contributed by atoms with Gasteiger partial charge in [-0.05, 0) is 31.5 Å². The fourth-order valence-electron chi connectivity index (χ4n) is 2.81. The van der Waals surface area contributed by atoms with Gasteiger partial charge in [0.25, 0.3) is 0 Å². The summed E-state index contributed by atoms with van der Waals surface area (Å²) in [7, 11) is 3.66. The number of hydrogen-bond acceptors (Lipinski definition) is 6. The van der Waals surface area contributed by atoms with E-state index in [4.69, 9.17) is 14.0 Å². The molecule has 0 bridgehead atoms. The summed E-state index contributed by atoms with van der Waals surface area (Å²) in [6, 6.07) is 8.48. The minimum absolute atomic E-state index is 0.0882. The van der Waals surface area contributed by atoms with Crippen molar-refractivity contribution in [2.45, 2.75) is 32.1 Å². The molecular weight excluding hydrogens is 294 g/mol. The molecule has 2 heterocycles. The van der Waals surface area contributed by atoms with Crippen molar-refractivity contribution in [3.8, 4) is 0 Å². The van der Waals surface area contributed by atoms with Gasteiger partial charge in [-0.25, -0.2) is 0 Å². The van der Waals surface area contributed by atoms with Crippen LogP contribution in [0.5, 0.6) is 0 Å². The van der Waals surface area contributed by atoms with Crippen LogP contribution < -0.4 is 0 Å². The van der Waals surface area contributed by atoms with Gasteiger partial charge in [0.05, 0.1) is 19.3 Å². The van der Waals surface area contributed by atoms with Crippen LogP contribution in [0.3, 0.4) is 0 Å². The Labute approximate surface area is 136 Å². The molecule has 0 fully saturated rings. The Morgan fingerprint density at radius 1 is 1.39 bits per heavy atom. The number of fused-ring (bicyclic) bond motifs is 1. The minimum atomic E-state index is -0.161. The van der Waals surface area contributed by atoms with E-state index in [0.29, 0.717) is 18.3 Å². The molecule has 0 N–H and O–H groups in total. The van der Waals surface area contributed by atoms with E-state index in [1.54, 1.807) is 7.11 Å². The van der Waals surface area contributed by atoms with Crippen LogP contribution in [0, 0.1) is 0 Å². The third-order valence-electron chi connectivity index (χ3n) is 4.18. The van der Waals surface area contributed by atoms with Crippen LogP contribution in [-0.4, -0.2) is 42.3 Å². The van der Waals surface area contributed by atoms with E-state index in [9.17, 15) is 0 Å². The molecule has 3 rings (SSSR count). The lowest BCUT2D eigenvalue weighted by Gasteiger charge is -2.29. The molecule has 0 unspecified atom stereocenters. The second-order valence-corrected chi connectivity index (χ2v) is 5.93. The molecule has 23 heavy (non-hydrogen) atoms. The van der Waals surface area contributed by atoms with Gasteiger partial charge in [0.15, 0.2) is 5.82 Å². The molecule has 0 radical (unpaired) electrons. The molecule has 124 valence electrons. The Morgan fingerprint density at radius 2 is 2.22 bits per heavy atom. The second-order valence-electron chi connectivity index (χ2n) is 5.93. The van der Waals surface area contributed by atoms with Gasteiger partial charge < -0.3 is 14.0 Å². The van der Waals surface area contributed by atoms with E-state index < -0.39 is 0 Å². The Hall–Kier alpha value is -1.76. The topological polar surface area (TPSA) is 60.6 Å². The quantitative estimate of drug-likeness (QED) is 0.816. The number of nitrogens with zero attached hydrogens (tertiary/aromatic N) is 3. The summed E-state index contributed by atoms with van der Waals surface area (Å²) < 4.78 is 16.4. The molecule has 0 saturated heterocycles. The Morgan fingerprint density at radius 3 is 3.04 bits per heavy atom. The average molecular weight is 317 g/mol. The number of hydrogen-bond donors (Lipinski definition) is 0. The van der Waals surface area contributed by atoms with Gasteiger partial charge >= 0.3 is 0 Å². The van der Waals surface area contributed by atoms with Gasteiger partial charge in [-0.2, -0.15) is 4.98 Å². The van der Waals surface area contributed by atoms with Crippen LogP contribution in [0.25, 0.3) is 0 Å². The highest BCUT2D eigenvalue weighted by Gasteiger charge is 2.22. The van der Waals surface area contributed by atoms with Crippen molar-refractivity contribution in [1.82, 2.24) is 15.0 Å². The number of ether oxygens (including phenoxy) is 2. The first-order chi connectivity index (χ1) is 11.2. The minimum Gasteiger partial charge on any atom is -0.374 e. The third-order valence-corrected chi connectivity index (χ3v) is 4.18. The Balaban J connectivity index is 1.62. The molecule has 0 saturated carbocycles. The summed E-state index contributed by atoms with van der Waals surface area (Å²) in [5, 5.41) is 3.95. The lowest BCUT2D eigenvalue weighted by atomic mass is 9.97. The van der Waals surface area contributed by atoms with E-state index in [1.807, 2.05) is 14.0 Å². The van der Waals surface area contributed by atoms with Gasteiger partial charge in [-0.3, -0.25) is 4.90 Å². The highest BCUT2D eigenvalue weighted by atomic mass is 16.5. The highest BCUT2D eigenvalue weighted by molar-refractivity contribution is 5.31. The van der Waals surface area contributed by atoms with Crippen molar-refractivity contribution in [2.24, 2.45) is 0 Å². The maximum Gasteiger partial charge on any atom is 0.240 e. The molecule has 6 heteroatoms. The third kappa shape index (κ3) is 3.77. The summed E-state index contributed by atoms with van der Waals surface area (Å²) in [4.78, 5) is 6.51. The summed E-state index contributed by atoms with van der Waals surface area (Å²) in [6.07, 6.45) is 0.912. The number of likely N-dealkylation sites (N-methyl/N-ethyl adjacent to an activating group) is 1. The number of aromatic nitrogens is 2. The molecule has 2 aromatic rings. The first-order valence-corrected chi connectivity index (χ1v) is 7.90. The van der Waals surface area contributed by atoms with Gasteiger partial charge in [-0.1, -0.05) is 29.4 Å². The van der Waals surface area contributed by atoms with Crippen molar-refractivity contribution < 1.29 is 14.0 Å². The van der Waals surface area contributed by atoms with Crippen molar-refractivity contribution in [3.63, 3.8) is 0 Å². The fourth-order valence-corrected chi connectivity index (χ4v) is 2.81. The zero-order chi connectivity index (χ0) is 16.2. The molecule has 2 atom stereocenters. The van der Waals surface area contributed by atoms with Crippen molar-refractivity contribution in [2.75, 3.05) is 27.3 Å². The Bertz CT molecular complexity index is 644. The van der Waals surface area contributed by atoms with Gasteiger partial charge in [-0.15, -0.1) is 0 Å². The zero-order valence-corrected chi connectivity index (χ0v) is 13.9. The predicted molar refractivity (Wildman–Crippen MR) is 84.9 cm³/mol. The Kier molecular flexibility index (Phi) is 5.05. The summed E-state index contributed by atoms with van der Waals surface area (Å²) in [5.74, 6) is 1.17. The molecule has 6 nitrogen and oxygen atoms in total. The first-order valence-electron chi connectivity index (χ1n) is 7.90. The zero-order valence-electron chi connectivity index (χ0n) is 13.9. The molecule has 0 amide bonds. The fraction of sp³-hybridized carbons (Fsp3) is 0.529. The van der Waals surface area contributed by atoms with Crippen LogP contribution in [0.4, 0.5) is 0 Å². The van der Waals surface area contributed by atoms with Crippen LogP contribution in [0.15, 0.2) is 28.8 Å². The number of methoxy groups -OCH3 is 1. The van der Waals surface area contributed by atoms with Gasteiger partial charge in [0, 0.05) is 13.7 Å². The van der Waals surface area contributed by atoms with Gasteiger partial charge in [0.2, 0.25) is 5.89 Å². The molecule has 1 aliphatic heterocycles. The van der Waals surface area contributed by atoms with Crippen LogP contribution in [0.2, 0.25) is 0 Å². The van der Waals surface area contributed by atoms with Crippen molar-refractivity contribution >= 4 is 0 Å². The second kappa shape index (κ2) is 7.21. The average Bonchev–Trinajstić information content (AvgIpc) is 3.03. The smallest absolute Gasteiger partial charge is 0.240 e. The van der Waals surface area contributed by atoms with Gasteiger partial charge in [0.1, 0.15) is 6.10 Å². The highest BCUT2D eigenvalue weighted by Crippen LogP contribution is 2.27. The molecule has 1 aliphatic rings. The predicted octanol–water partition coefficient (Wildman–Crippen LogP) is 2.52. The monoisotopic (exact) mass is 317 g/mol. The molecule has 0 spiro atoms. The molecule has 1 aromatic carbocycles. The van der Waals surface area contributed by atoms with E-state index >= 15 is 0 Å². The molecule has 0 aliphatic carbocycles. The largest absolute Gasteiger partial charge is 0.374 e. The van der Waals surface area contributed by atoms with E-state index in [1.165, 1.54) is 11.1 Å². The van der Waals surface area contributed by atoms with Crippen molar-refractivity contribution in [1.29, 1.82) is 0 Å². The first kappa shape index (κ1) is 16.1. The SMILES string of the molecule is CO[C@H](C)c1noc(CN(C)C[C@H]2OCCc3ccccc32)n1. The standard InChI is InChI=1S/C17H23N3O3/c1-12(21-3)17-18-16(23-19-17)11-20(2)10-15-14-7-5-4-6-13(14)8-9-22-15/h4-7,12,15H,8-11H2,1-3H3/t12-,15-/m1/s1. The normalized spacial score (nSPS) is 18.9. The number of benzene rings is 1. The lowest BCUT2D eigenvalue weighted by Crippen LogP contribution is -2.29.